The van der Waals surface area contributed by atoms with Crippen LogP contribution < -0.4 is 10.5 Å². The van der Waals surface area contributed by atoms with Gasteiger partial charge in [-0.25, -0.2) is 13.1 Å². The van der Waals surface area contributed by atoms with Crippen molar-refractivity contribution in [2.24, 2.45) is 0 Å². The number of nitrogens with two attached hydrogens (primary N) is 1. The third-order valence-corrected chi connectivity index (χ3v) is 4.42. The van der Waals surface area contributed by atoms with Crippen LogP contribution >= 0.6 is 23.2 Å². The Balaban J connectivity index is 3.18. The van der Waals surface area contributed by atoms with Crippen LogP contribution in [0.3, 0.4) is 0 Å². The molecule has 0 aliphatic rings. The van der Waals surface area contributed by atoms with Crippen LogP contribution in [0.5, 0.6) is 0 Å². The molecular weight excluding hydrogens is 295 g/mol. The summed E-state index contributed by atoms with van der Waals surface area (Å²) in [6.07, 6.45) is 5.38. The Morgan fingerprint density at radius 2 is 2.11 bits per heavy atom. The minimum Gasteiger partial charge on any atom is -0.398 e. The van der Waals surface area contributed by atoms with Gasteiger partial charge < -0.3 is 5.73 Å². The number of nitrogen functional groups attached to an aromatic ring is 1. The molecule has 18 heavy (non-hydrogen) atoms. The van der Waals surface area contributed by atoms with Crippen LogP contribution in [-0.4, -0.2) is 14.5 Å². The van der Waals surface area contributed by atoms with Crippen LogP contribution in [-0.2, 0) is 10.0 Å². The molecule has 0 aromatic heterocycles. The maximum absolute atomic E-state index is 12.1. The van der Waals surface area contributed by atoms with Crippen molar-refractivity contribution in [3.05, 3.63) is 22.2 Å². The molecule has 0 spiro atoms. The highest BCUT2D eigenvalue weighted by Crippen LogP contribution is 2.31. The third-order valence-electron chi connectivity index (χ3n) is 2.09. The minimum atomic E-state index is -3.82. The van der Waals surface area contributed by atoms with Crippen molar-refractivity contribution in [3.8, 4) is 12.3 Å². The lowest BCUT2D eigenvalue weighted by molar-refractivity contribution is 0.564. The molecule has 1 aromatic carbocycles. The first-order valence-corrected chi connectivity index (χ1v) is 7.22. The van der Waals surface area contributed by atoms with Gasteiger partial charge in [0.2, 0.25) is 10.0 Å². The fraction of sp³-hybridized carbons (Fsp3) is 0.273. The van der Waals surface area contributed by atoms with E-state index in [4.69, 9.17) is 35.4 Å². The fourth-order valence-corrected chi connectivity index (χ4v) is 3.64. The van der Waals surface area contributed by atoms with Crippen LogP contribution in [0.25, 0.3) is 0 Å². The molecule has 0 amide bonds. The van der Waals surface area contributed by atoms with Crippen molar-refractivity contribution in [1.29, 1.82) is 0 Å². The van der Waals surface area contributed by atoms with Crippen molar-refractivity contribution in [2.45, 2.75) is 24.3 Å². The van der Waals surface area contributed by atoms with Crippen molar-refractivity contribution >= 4 is 38.9 Å². The van der Waals surface area contributed by atoms with E-state index in [9.17, 15) is 8.42 Å². The number of rotatable bonds is 4. The van der Waals surface area contributed by atoms with E-state index in [1.54, 1.807) is 6.92 Å². The molecule has 7 heteroatoms. The van der Waals surface area contributed by atoms with Crippen molar-refractivity contribution in [2.75, 3.05) is 5.73 Å². The molecule has 1 atom stereocenters. The summed E-state index contributed by atoms with van der Waals surface area (Å²) in [4.78, 5) is -0.183. The van der Waals surface area contributed by atoms with Crippen molar-refractivity contribution in [1.82, 2.24) is 4.72 Å². The average molecular weight is 307 g/mol. The number of benzene rings is 1. The maximum atomic E-state index is 12.1. The Morgan fingerprint density at radius 1 is 1.50 bits per heavy atom. The lowest BCUT2D eigenvalue weighted by Gasteiger charge is -2.14. The first-order valence-electron chi connectivity index (χ1n) is 4.98. The van der Waals surface area contributed by atoms with Gasteiger partial charge in [0.1, 0.15) is 4.90 Å². The summed E-state index contributed by atoms with van der Waals surface area (Å²) in [5.74, 6) is 2.37. The second kappa shape index (κ2) is 5.81. The Morgan fingerprint density at radius 3 is 2.61 bits per heavy atom. The molecule has 1 aromatic rings. The molecule has 0 bridgehead atoms. The number of sulfonamides is 1. The van der Waals surface area contributed by atoms with Gasteiger partial charge in [0, 0.05) is 17.5 Å². The molecular formula is C11H12Cl2N2O2S. The number of anilines is 1. The van der Waals surface area contributed by atoms with E-state index in [2.05, 4.69) is 10.6 Å². The summed E-state index contributed by atoms with van der Waals surface area (Å²) in [6.45, 7) is 1.65. The van der Waals surface area contributed by atoms with Gasteiger partial charge in [-0.1, -0.05) is 23.2 Å². The smallest absolute Gasteiger partial charge is 0.244 e. The standard InChI is InChI=1S/C11H12Cl2N2O2S/c1-3-4-7(2)15-18(16,17)11-9(13)5-8(12)6-10(11)14/h1,5-7,15H,4,14H2,2H3. The monoisotopic (exact) mass is 306 g/mol. The molecule has 1 rings (SSSR count). The SMILES string of the molecule is C#CCC(C)NS(=O)(=O)c1c(N)cc(Cl)cc1Cl. The first kappa shape index (κ1) is 15.1. The highest BCUT2D eigenvalue weighted by atomic mass is 35.5. The van der Waals surface area contributed by atoms with Gasteiger partial charge in [-0.15, -0.1) is 12.3 Å². The van der Waals surface area contributed by atoms with Gasteiger partial charge in [0.15, 0.2) is 0 Å². The Kier molecular flexibility index (Phi) is 4.88. The molecule has 0 saturated heterocycles. The zero-order valence-corrected chi connectivity index (χ0v) is 11.9. The molecule has 3 N–H and O–H groups in total. The van der Waals surface area contributed by atoms with E-state index in [1.165, 1.54) is 12.1 Å². The summed E-state index contributed by atoms with van der Waals surface area (Å²) in [5, 5.41) is 0.244. The fourth-order valence-electron chi connectivity index (χ4n) is 1.41. The van der Waals surface area contributed by atoms with Crippen LogP contribution in [0, 0.1) is 12.3 Å². The summed E-state index contributed by atoms with van der Waals surface area (Å²) < 4.78 is 26.6. The van der Waals surface area contributed by atoms with E-state index < -0.39 is 16.1 Å². The second-order valence-corrected chi connectivity index (χ2v) is 6.23. The summed E-state index contributed by atoms with van der Waals surface area (Å²) in [6, 6.07) is 2.24. The Bertz CT molecular complexity index is 571. The number of halogens is 2. The molecule has 0 aliphatic carbocycles. The predicted octanol–water partition coefficient (Wildman–Crippen LogP) is 2.27. The van der Waals surface area contributed by atoms with E-state index in [0.29, 0.717) is 0 Å². The van der Waals surface area contributed by atoms with E-state index in [0.717, 1.165) is 0 Å². The van der Waals surface area contributed by atoms with Gasteiger partial charge in [-0.2, -0.15) is 0 Å². The predicted molar refractivity (Wildman–Crippen MR) is 74.1 cm³/mol. The minimum absolute atomic E-state index is 0.00657. The third kappa shape index (κ3) is 3.53. The quantitative estimate of drug-likeness (QED) is 0.662. The molecule has 0 heterocycles. The zero-order valence-electron chi connectivity index (χ0n) is 9.57. The first-order chi connectivity index (χ1) is 8.27. The summed E-state index contributed by atoms with van der Waals surface area (Å²) in [5.41, 5.74) is 5.62. The van der Waals surface area contributed by atoms with Crippen molar-refractivity contribution < 1.29 is 8.42 Å². The molecule has 0 aliphatic heterocycles. The highest BCUT2D eigenvalue weighted by molar-refractivity contribution is 7.89. The lowest BCUT2D eigenvalue weighted by Crippen LogP contribution is -2.32. The van der Waals surface area contributed by atoms with Crippen molar-refractivity contribution in [3.63, 3.8) is 0 Å². The number of hydrogen-bond acceptors (Lipinski definition) is 3. The number of nitrogens with one attached hydrogen (secondary N) is 1. The van der Waals surface area contributed by atoms with Gasteiger partial charge in [-0.3, -0.25) is 0 Å². The number of terminal acetylenes is 1. The summed E-state index contributed by atoms with van der Waals surface area (Å²) >= 11 is 11.6. The molecule has 98 valence electrons. The zero-order chi connectivity index (χ0) is 13.9. The van der Waals surface area contributed by atoms with Gasteiger partial charge in [-0.05, 0) is 19.1 Å². The van der Waals surface area contributed by atoms with Crippen LogP contribution in [0.1, 0.15) is 13.3 Å². The van der Waals surface area contributed by atoms with Gasteiger partial charge in [0.05, 0.1) is 10.7 Å². The largest absolute Gasteiger partial charge is 0.398 e. The molecule has 4 nitrogen and oxygen atoms in total. The molecule has 0 saturated carbocycles. The van der Waals surface area contributed by atoms with Gasteiger partial charge in [0.25, 0.3) is 0 Å². The van der Waals surface area contributed by atoms with Crippen LogP contribution in [0.15, 0.2) is 17.0 Å². The molecule has 1 unspecified atom stereocenters. The maximum Gasteiger partial charge on any atom is 0.244 e. The lowest BCUT2D eigenvalue weighted by atomic mass is 10.3. The average Bonchev–Trinajstić information content (AvgIpc) is 2.13. The van der Waals surface area contributed by atoms with Crippen LogP contribution in [0.2, 0.25) is 10.0 Å². The Hall–Kier alpha value is -0.930. The molecule has 0 radical (unpaired) electrons. The number of hydrogen-bond donors (Lipinski definition) is 2. The topological polar surface area (TPSA) is 72.2 Å². The van der Waals surface area contributed by atoms with E-state index in [-0.39, 0.29) is 27.0 Å². The second-order valence-electron chi connectivity index (χ2n) is 3.74. The summed E-state index contributed by atoms with van der Waals surface area (Å²) in [7, 11) is -3.82. The van der Waals surface area contributed by atoms with Crippen LogP contribution in [0.4, 0.5) is 5.69 Å². The van der Waals surface area contributed by atoms with Gasteiger partial charge >= 0.3 is 0 Å². The highest BCUT2D eigenvalue weighted by Gasteiger charge is 2.23. The normalized spacial score (nSPS) is 13.0. The Labute approximate surface area is 117 Å². The van der Waals surface area contributed by atoms with E-state index in [1.807, 2.05) is 0 Å². The van der Waals surface area contributed by atoms with E-state index >= 15 is 0 Å². The molecule has 0 fully saturated rings.